The molecule has 0 bridgehead atoms. The SMILES string of the molecule is Brc1ccc(CNc2n[nH]c(-c3cccs3)n2)cc1. The van der Waals surface area contributed by atoms with E-state index in [-0.39, 0.29) is 0 Å². The lowest BCUT2D eigenvalue weighted by molar-refractivity contribution is 1.05. The van der Waals surface area contributed by atoms with Gasteiger partial charge in [0.2, 0.25) is 5.95 Å². The molecule has 2 heterocycles. The third-order valence-corrected chi connectivity index (χ3v) is 4.01. The van der Waals surface area contributed by atoms with E-state index >= 15 is 0 Å². The van der Waals surface area contributed by atoms with Crippen molar-refractivity contribution in [2.24, 2.45) is 0 Å². The summed E-state index contributed by atoms with van der Waals surface area (Å²) in [5.74, 6) is 1.42. The minimum absolute atomic E-state index is 0.617. The molecule has 0 saturated carbocycles. The summed E-state index contributed by atoms with van der Waals surface area (Å²) in [4.78, 5) is 5.50. The number of nitrogens with one attached hydrogen (secondary N) is 2. The van der Waals surface area contributed by atoms with Crippen LogP contribution >= 0.6 is 27.3 Å². The maximum absolute atomic E-state index is 4.41. The molecule has 0 aliphatic carbocycles. The number of thiophene rings is 1. The van der Waals surface area contributed by atoms with E-state index in [9.17, 15) is 0 Å². The van der Waals surface area contributed by atoms with Crippen molar-refractivity contribution in [3.05, 3.63) is 51.8 Å². The van der Waals surface area contributed by atoms with Crippen molar-refractivity contribution in [2.45, 2.75) is 6.54 Å². The predicted octanol–water partition coefficient (Wildman–Crippen LogP) is 3.91. The Balaban J connectivity index is 1.66. The Bertz CT molecular complexity index is 646. The quantitative estimate of drug-likeness (QED) is 0.760. The standard InChI is InChI=1S/C13H11BrN4S/c14-10-5-3-9(4-6-10)8-15-13-16-12(17-18-13)11-2-1-7-19-11/h1-7H,8H2,(H2,15,16,17,18). The largest absolute Gasteiger partial charge is 0.349 e. The molecule has 96 valence electrons. The summed E-state index contributed by atoms with van der Waals surface area (Å²) in [6.45, 7) is 0.703. The molecule has 0 spiro atoms. The fourth-order valence-electron chi connectivity index (χ4n) is 1.65. The Morgan fingerprint density at radius 2 is 2.05 bits per heavy atom. The molecular formula is C13H11BrN4S. The van der Waals surface area contributed by atoms with Gasteiger partial charge in [-0.05, 0) is 29.1 Å². The van der Waals surface area contributed by atoms with Crippen LogP contribution in [0.15, 0.2) is 46.3 Å². The fraction of sp³-hybridized carbons (Fsp3) is 0.0769. The fourth-order valence-corrected chi connectivity index (χ4v) is 2.58. The van der Waals surface area contributed by atoms with Crippen molar-refractivity contribution < 1.29 is 0 Å². The highest BCUT2D eigenvalue weighted by Gasteiger charge is 2.05. The van der Waals surface area contributed by atoms with Gasteiger partial charge in [-0.1, -0.05) is 34.1 Å². The number of halogens is 1. The average molecular weight is 335 g/mol. The first-order valence-electron chi connectivity index (χ1n) is 5.76. The lowest BCUT2D eigenvalue weighted by Gasteiger charge is -2.01. The summed E-state index contributed by atoms with van der Waals surface area (Å²) in [5.41, 5.74) is 1.19. The zero-order chi connectivity index (χ0) is 13.1. The van der Waals surface area contributed by atoms with Crippen molar-refractivity contribution in [1.29, 1.82) is 0 Å². The molecule has 0 aliphatic rings. The molecule has 0 aliphatic heterocycles. The van der Waals surface area contributed by atoms with Crippen LogP contribution in [0, 0.1) is 0 Å². The Labute approximate surface area is 123 Å². The third kappa shape index (κ3) is 3.02. The van der Waals surface area contributed by atoms with Gasteiger partial charge in [0.15, 0.2) is 5.82 Å². The van der Waals surface area contributed by atoms with Gasteiger partial charge < -0.3 is 5.32 Å². The lowest BCUT2D eigenvalue weighted by atomic mass is 10.2. The second kappa shape index (κ2) is 5.54. The van der Waals surface area contributed by atoms with Gasteiger partial charge in [0.1, 0.15) is 0 Å². The van der Waals surface area contributed by atoms with Gasteiger partial charge in [-0.15, -0.1) is 16.4 Å². The highest BCUT2D eigenvalue weighted by Crippen LogP contribution is 2.21. The minimum atomic E-state index is 0.617. The van der Waals surface area contributed by atoms with E-state index in [1.165, 1.54) is 5.56 Å². The smallest absolute Gasteiger partial charge is 0.242 e. The molecule has 0 atom stereocenters. The topological polar surface area (TPSA) is 53.6 Å². The Kier molecular flexibility index (Phi) is 3.61. The summed E-state index contributed by atoms with van der Waals surface area (Å²) in [7, 11) is 0. The molecule has 0 amide bonds. The van der Waals surface area contributed by atoms with Crippen molar-refractivity contribution >= 4 is 33.2 Å². The van der Waals surface area contributed by atoms with E-state index in [0.717, 1.165) is 15.2 Å². The first kappa shape index (κ1) is 12.4. The van der Waals surface area contributed by atoms with E-state index in [0.29, 0.717) is 12.5 Å². The van der Waals surface area contributed by atoms with Crippen molar-refractivity contribution in [1.82, 2.24) is 15.2 Å². The van der Waals surface area contributed by atoms with Gasteiger partial charge in [-0.2, -0.15) is 4.98 Å². The first-order valence-corrected chi connectivity index (χ1v) is 7.43. The Morgan fingerprint density at radius 3 is 2.79 bits per heavy atom. The van der Waals surface area contributed by atoms with Gasteiger partial charge in [-0.25, -0.2) is 0 Å². The minimum Gasteiger partial charge on any atom is -0.349 e. The maximum atomic E-state index is 4.41. The van der Waals surface area contributed by atoms with Gasteiger partial charge in [-0.3, -0.25) is 5.10 Å². The van der Waals surface area contributed by atoms with Gasteiger partial charge in [0.05, 0.1) is 4.88 Å². The van der Waals surface area contributed by atoms with Crippen LogP contribution in [0.3, 0.4) is 0 Å². The summed E-state index contributed by atoms with van der Waals surface area (Å²) < 4.78 is 1.08. The van der Waals surface area contributed by atoms with Crippen LogP contribution in [0.1, 0.15) is 5.56 Å². The number of anilines is 1. The van der Waals surface area contributed by atoms with Crippen molar-refractivity contribution in [3.63, 3.8) is 0 Å². The average Bonchev–Trinajstić information content (AvgIpc) is 3.09. The normalized spacial score (nSPS) is 10.6. The van der Waals surface area contributed by atoms with Crippen LogP contribution in [0.5, 0.6) is 0 Å². The Morgan fingerprint density at radius 1 is 1.21 bits per heavy atom. The second-order valence-electron chi connectivity index (χ2n) is 3.96. The van der Waals surface area contributed by atoms with Crippen LogP contribution in [-0.4, -0.2) is 15.2 Å². The molecule has 1 aromatic carbocycles. The highest BCUT2D eigenvalue weighted by molar-refractivity contribution is 9.10. The molecule has 2 N–H and O–H groups in total. The molecule has 0 radical (unpaired) electrons. The van der Waals surface area contributed by atoms with E-state index < -0.39 is 0 Å². The number of hydrogen-bond donors (Lipinski definition) is 2. The number of benzene rings is 1. The maximum Gasteiger partial charge on any atom is 0.242 e. The van der Waals surface area contributed by atoms with Crippen molar-refractivity contribution in [2.75, 3.05) is 5.32 Å². The molecule has 2 aromatic heterocycles. The summed E-state index contributed by atoms with van der Waals surface area (Å²) in [5, 5.41) is 12.3. The third-order valence-electron chi connectivity index (χ3n) is 2.60. The molecule has 19 heavy (non-hydrogen) atoms. The van der Waals surface area contributed by atoms with Gasteiger partial charge in [0, 0.05) is 11.0 Å². The number of rotatable bonds is 4. The molecule has 4 nitrogen and oxygen atoms in total. The van der Waals surface area contributed by atoms with E-state index in [1.54, 1.807) is 11.3 Å². The summed E-state index contributed by atoms with van der Waals surface area (Å²) in [6, 6.07) is 12.2. The van der Waals surface area contributed by atoms with E-state index in [4.69, 9.17) is 0 Å². The monoisotopic (exact) mass is 334 g/mol. The number of hydrogen-bond acceptors (Lipinski definition) is 4. The van der Waals surface area contributed by atoms with Crippen LogP contribution in [0.4, 0.5) is 5.95 Å². The Hall–Kier alpha value is -1.66. The molecule has 6 heteroatoms. The zero-order valence-electron chi connectivity index (χ0n) is 9.93. The number of aromatic amines is 1. The highest BCUT2D eigenvalue weighted by atomic mass is 79.9. The molecule has 0 saturated heterocycles. The summed E-state index contributed by atoms with van der Waals surface area (Å²) >= 11 is 5.06. The van der Waals surface area contributed by atoms with Gasteiger partial charge in [0.25, 0.3) is 0 Å². The molecule has 3 aromatic rings. The van der Waals surface area contributed by atoms with Gasteiger partial charge >= 0.3 is 0 Å². The molecular weight excluding hydrogens is 324 g/mol. The first-order chi connectivity index (χ1) is 9.31. The van der Waals surface area contributed by atoms with E-state index in [2.05, 4.69) is 48.6 Å². The lowest BCUT2D eigenvalue weighted by Crippen LogP contribution is -2.00. The summed E-state index contributed by atoms with van der Waals surface area (Å²) in [6.07, 6.45) is 0. The van der Waals surface area contributed by atoms with Crippen LogP contribution in [0.2, 0.25) is 0 Å². The van der Waals surface area contributed by atoms with E-state index in [1.807, 2.05) is 29.6 Å². The van der Waals surface area contributed by atoms with Crippen LogP contribution in [-0.2, 0) is 6.54 Å². The number of aromatic nitrogens is 3. The molecule has 3 rings (SSSR count). The van der Waals surface area contributed by atoms with Crippen molar-refractivity contribution in [3.8, 4) is 10.7 Å². The molecule has 0 fully saturated rings. The van der Waals surface area contributed by atoms with Crippen LogP contribution < -0.4 is 5.32 Å². The van der Waals surface area contributed by atoms with Crippen LogP contribution in [0.25, 0.3) is 10.7 Å². The number of nitrogens with zero attached hydrogens (tertiary/aromatic N) is 2. The molecule has 0 unspecified atom stereocenters. The predicted molar refractivity (Wildman–Crippen MR) is 81.2 cm³/mol. The second-order valence-corrected chi connectivity index (χ2v) is 5.83. The zero-order valence-corrected chi connectivity index (χ0v) is 12.3. The number of H-pyrrole nitrogens is 1.